The molecule has 2 atom stereocenters. The zero-order chi connectivity index (χ0) is 23.4. The van der Waals surface area contributed by atoms with Gasteiger partial charge in [0.05, 0.1) is 25.4 Å². The summed E-state index contributed by atoms with van der Waals surface area (Å²) in [6.07, 6.45) is 7.40. The molecule has 168 valence electrons. The van der Waals surface area contributed by atoms with Crippen LogP contribution in [0.4, 0.5) is 8.78 Å². The van der Waals surface area contributed by atoms with Crippen LogP contribution in [-0.2, 0) is 4.74 Å². The Morgan fingerprint density at radius 2 is 2.03 bits per heavy atom. The van der Waals surface area contributed by atoms with Crippen LogP contribution in [0, 0.1) is 18.6 Å². The Morgan fingerprint density at radius 1 is 1.15 bits per heavy atom. The predicted octanol–water partition coefficient (Wildman–Crippen LogP) is 4.84. The summed E-state index contributed by atoms with van der Waals surface area (Å²) in [6, 6.07) is 3.82. The number of aryl methyl sites for hydroxylation is 1. The van der Waals surface area contributed by atoms with Gasteiger partial charge in [-0.05, 0) is 44.7 Å². The second kappa shape index (κ2) is 7.91. The minimum absolute atomic E-state index is 0.0357. The van der Waals surface area contributed by atoms with Crippen LogP contribution >= 0.6 is 0 Å². The van der Waals surface area contributed by atoms with Crippen LogP contribution in [0.15, 0.2) is 36.8 Å². The molecule has 1 saturated heterocycles. The molecule has 0 bridgehead atoms. The van der Waals surface area contributed by atoms with Gasteiger partial charge in [0, 0.05) is 42.1 Å². The van der Waals surface area contributed by atoms with Crippen LogP contribution < -0.4 is 0 Å². The van der Waals surface area contributed by atoms with Crippen molar-refractivity contribution in [1.82, 2.24) is 29.7 Å². The summed E-state index contributed by atoms with van der Waals surface area (Å²) in [4.78, 5) is 18.1. The first-order valence-electron chi connectivity index (χ1n) is 11.6. The number of aromatic nitrogens is 6. The van der Waals surface area contributed by atoms with Crippen LogP contribution in [0.2, 0.25) is 0 Å². The SMILES string of the molecule is [2H]c1nc2c(-c3ccc(F)cc3F)nc(C3CCOC(c4cnn(C5CC5)c4)C3)nc2nc1C. The molecule has 0 N–H and O–H groups in total. The zero-order valence-electron chi connectivity index (χ0n) is 19.0. The molecule has 1 aliphatic heterocycles. The van der Waals surface area contributed by atoms with Crippen molar-refractivity contribution in [2.45, 2.75) is 50.7 Å². The topological polar surface area (TPSA) is 78.6 Å². The molecule has 6 rings (SSSR count). The third-order valence-electron chi connectivity index (χ3n) is 6.24. The third-order valence-corrected chi connectivity index (χ3v) is 6.24. The molecule has 1 aliphatic carbocycles. The minimum Gasteiger partial charge on any atom is -0.373 e. The summed E-state index contributed by atoms with van der Waals surface area (Å²) in [5.41, 5.74) is 2.27. The van der Waals surface area contributed by atoms with Crippen LogP contribution in [0.5, 0.6) is 0 Å². The Hall–Kier alpha value is -3.33. The van der Waals surface area contributed by atoms with Gasteiger partial charge in [-0.25, -0.2) is 28.7 Å². The van der Waals surface area contributed by atoms with E-state index < -0.39 is 11.6 Å². The van der Waals surface area contributed by atoms with Crippen molar-refractivity contribution < 1.29 is 14.9 Å². The van der Waals surface area contributed by atoms with Crippen molar-refractivity contribution in [3.05, 3.63) is 65.5 Å². The first kappa shape index (κ1) is 19.2. The van der Waals surface area contributed by atoms with Crippen LogP contribution in [-0.4, -0.2) is 36.3 Å². The van der Waals surface area contributed by atoms with Gasteiger partial charge < -0.3 is 4.74 Å². The molecule has 2 fully saturated rings. The number of ether oxygens (including phenoxy) is 1. The van der Waals surface area contributed by atoms with E-state index in [1.807, 2.05) is 10.9 Å². The molecular weight excluding hydrogens is 426 g/mol. The number of fused-ring (bicyclic) bond motifs is 1. The molecule has 7 nitrogen and oxygen atoms in total. The monoisotopic (exact) mass is 449 g/mol. The van der Waals surface area contributed by atoms with Gasteiger partial charge in [-0.2, -0.15) is 5.10 Å². The summed E-state index contributed by atoms with van der Waals surface area (Å²) in [5.74, 6) is -0.966. The van der Waals surface area contributed by atoms with E-state index in [9.17, 15) is 8.78 Å². The quantitative estimate of drug-likeness (QED) is 0.444. The molecule has 2 unspecified atom stereocenters. The fourth-order valence-electron chi connectivity index (χ4n) is 4.33. The lowest BCUT2D eigenvalue weighted by molar-refractivity contribution is 0.00396. The van der Waals surface area contributed by atoms with Gasteiger partial charge in [-0.15, -0.1) is 0 Å². The predicted molar refractivity (Wildman–Crippen MR) is 116 cm³/mol. The Labute approximate surface area is 190 Å². The molecule has 9 heteroatoms. The molecule has 1 aromatic carbocycles. The molecule has 1 saturated carbocycles. The highest BCUT2D eigenvalue weighted by Crippen LogP contribution is 2.39. The summed E-state index contributed by atoms with van der Waals surface area (Å²) in [5, 5.41) is 4.48. The average Bonchev–Trinajstić information content (AvgIpc) is 3.56. The van der Waals surface area contributed by atoms with Crippen molar-refractivity contribution in [2.75, 3.05) is 6.61 Å². The van der Waals surface area contributed by atoms with Gasteiger partial charge in [-0.3, -0.25) is 4.68 Å². The van der Waals surface area contributed by atoms with E-state index in [1.54, 1.807) is 6.92 Å². The molecule has 0 spiro atoms. The second-order valence-electron chi connectivity index (χ2n) is 8.71. The lowest BCUT2D eigenvalue weighted by atomic mass is 9.92. The van der Waals surface area contributed by atoms with Crippen molar-refractivity contribution in [3.8, 4) is 11.3 Å². The fraction of sp³-hybridized carbons (Fsp3) is 0.375. The maximum absolute atomic E-state index is 14.7. The van der Waals surface area contributed by atoms with Gasteiger partial charge in [-0.1, -0.05) is 0 Å². The van der Waals surface area contributed by atoms with Gasteiger partial charge in [0.2, 0.25) is 0 Å². The van der Waals surface area contributed by atoms with E-state index in [-0.39, 0.29) is 35.0 Å². The molecule has 4 aromatic rings. The minimum atomic E-state index is -0.753. The van der Waals surface area contributed by atoms with Crippen molar-refractivity contribution in [3.63, 3.8) is 0 Å². The second-order valence-corrected chi connectivity index (χ2v) is 8.71. The van der Waals surface area contributed by atoms with Crippen LogP contribution in [0.3, 0.4) is 0 Å². The summed E-state index contributed by atoms with van der Waals surface area (Å²) in [6.45, 7) is 2.21. The Bertz CT molecular complexity index is 1410. The highest BCUT2D eigenvalue weighted by Gasteiger charge is 2.31. The molecular formula is C24H22F2N6O. The largest absolute Gasteiger partial charge is 0.373 e. The average molecular weight is 449 g/mol. The zero-order valence-corrected chi connectivity index (χ0v) is 18.0. The Balaban J connectivity index is 1.41. The van der Waals surface area contributed by atoms with Gasteiger partial charge >= 0.3 is 0 Å². The highest BCUT2D eigenvalue weighted by atomic mass is 19.1. The van der Waals surface area contributed by atoms with Crippen molar-refractivity contribution in [2.24, 2.45) is 0 Å². The van der Waals surface area contributed by atoms with E-state index in [2.05, 4.69) is 26.2 Å². The van der Waals surface area contributed by atoms with E-state index in [1.165, 1.54) is 12.1 Å². The fourth-order valence-corrected chi connectivity index (χ4v) is 4.33. The maximum Gasteiger partial charge on any atom is 0.182 e. The highest BCUT2D eigenvalue weighted by molar-refractivity contribution is 5.86. The van der Waals surface area contributed by atoms with Gasteiger partial charge in [0.25, 0.3) is 0 Å². The number of rotatable bonds is 4. The number of halogens is 2. The lowest BCUT2D eigenvalue weighted by Crippen LogP contribution is -2.20. The van der Waals surface area contributed by atoms with Gasteiger partial charge in [0.15, 0.2) is 5.65 Å². The third kappa shape index (κ3) is 3.86. The first-order chi connectivity index (χ1) is 16.5. The molecule has 0 amide bonds. The molecule has 2 aliphatic rings. The van der Waals surface area contributed by atoms with E-state index >= 15 is 0 Å². The normalized spacial score (nSPS) is 21.4. The number of nitrogens with zero attached hydrogens (tertiary/aromatic N) is 6. The first-order valence-corrected chi connectivity index (χ1v) is 11.1. The molecule has 33 heavy (non-hydrogen) atoms. The summed E-state index contributed by atoms with van der Waals surface area (Å²) < 4.78 is 44.4. The van der Waals surface area contributed by atoms with E-state index in [0.717, 1.165) is 24.5 Å². The number of hydrogen-bond acceptors (Lipinski definition) is 6. The number of benzene rings is 1. The molecule has 3 aromatic heterocycles. The van der Waals surface area contributed by atoms with E-state index in [4.69, 9.17) is 11.1 Å². The molecule has 4 heterocycles. The van der Waals surface area contributed by atoms with E-state index in [0.29, 0.717) is 42.7 Å². The Kier molecular flexibility index (Phi) is 4.60. The van der Waals surface area contributed by atoms with Crippen molar-refractivity contribution >= 4 is 11.2 Å². The maximum atomic E-state index is 14.7. The Morgan fingerprint density at radius 3 is 2.85 bits per heavy atom. The van der Waals surface area contributed by atoms with Gasteiger partial charge in [0.1, 0.15) is 28.7 Å². The summed E-state index contributed by atoms with van der Waals surface area (Å²) in [7, 11) is 0. The van der Waals surface area contributed by atoms with Crippen LogP contribution in [0.1, 0.15) is 62.2 Å². The van der Waals surface area contributed by atoms with Crippen molar-refractivity contribution in [1.29, 1.82) is 0 Å². The lowest BCUT2D eigenvalue weighted by Gasteiger charge is -2.28. The summed E-state index contributed by atoms with van der Waals surface area (Å²) >= 11 is 0. The molecule has 0 radical (unpaired) electrons. The van der Waals surface area contributed by atoms with Crippen LogP contribution in [0.25, 0.3) is 22.4 Å². The number of hydrogen-bond donors (Lipinski definition) is 0. The standard InChI is InChI=1S/C24H22F2N6O/c1-13-10-27-22-21(18-5-2-16(25)9-19(18)26)30-23(31-24(22)29-13)14-6-7-33-20(8-14)15-11-28-32(12-15)17-3-4-17/h2,5,9-12,14,17,20H,3-4,6-8H2,1H3/i10D. The smallest absolute Gasteiger partial charge is 0.182 e.